The molecule has 2 N–H and O–H groups in total. The first kappa shape index (κ1) is 8.95. The van der Waals surface area contributed by atoms with Crippen LogP contribution in [0.25, 0.3) is 6.08 Å². The van der Waals surface area contributed by atoms with Gasteiger partial charge in [0, 0.05) is 10.5 Å². The van der Waals surface area contributed by atoms with Crippen molar-refractivity contribution in [3.05, 3.63) is 52.4 Å². The largest absolute Gasteiger partial charge is 0.301 e. The van der Waals surface area contributed by atoms with E-state index in [0.717, 1.165) is 5.71 Å². The van der Waals surface area contributed by atoms with E-state index in [1.54, 1.807) is 11.8 Å². The van der Waals surface area contributed by atoms with E-state index in [0.29, 0.717) is 0 Å². The highest BCUT2D eigenvalue weighted by Gasteiger charge is 2.23. The van der Waals surface area contributed by atoms with Crippen LogP contribution in [0.2, 0.25) is 0 Å². The number of nitrogens with two attached hydrogens (primary N) is 1. The molecule has 0 bridgehead atoms. The first-order valence-corrected chi connectivity index (χ1v) is 5.71. The van der Waals surface area contributed by atoms with E-state index in [1.807, 2.05) is 12.1 Å². The number of benzene rings is 1. The monoisotopic (exact) mass is 214 g/mol. The molecular weight excluding hydrogens is 204 g/mol. The van der Waals surface area contributed by atoms with Crippen LogP contribution in [0.5, 0.6) is 0 Å². The topological polar surface area (TPSA) is 38.4 Å². The highest BCUT2D eigenvalue weighted by atomic mass is 32.2. The van der Waals surface area contributed by atoms with Crippen LogP contribution in [-0.2, 0) is 0 Å². The predicted octanol–water partition coefficient (Wildman–Crippen LogP) is 2.38. The average molecular weight is 214 g/mol. The SMILES string of the molecule is NC1N=C2C(=CC=Cc3ccccc32)S1. The van der Waals surface area contributed by atoms with Crippen LogP contribution >= 0.6 is 11.8 Å². The fraction of sp³-hybridized carbons (Fsp3) is 0.0833. The van der Waals surface area contributed by atoms with E-state index in [1.165, 1.54) is 16.0 Å². The second-order valence-electron chi connectivity index (χ2n) is 3.46. The normalized spacial score (nSPS) is 22.6. The molecule has 1 aliphatic carbocycles. The van der Waals surface area contributed by atoms with Gasteiger partial charge in [-0.3, -0.25) is 4.99 Å². The van der Waals surface area contributed by atoms with E-state index in [9.17, 15) is 0 Å². The van der Waals surface area contributed by atoms with E-state index < -0.39 is 0 Å². The zero-order valence-corrected chi connectivity index (χ0v) is 8.87. The molecule has 15 heavy (non-hydrogen) atoms. The lowest BCUT2D eigenvalue weighted by Crippen LogP contribution is -2.08. The fourth-order valence-electron chi connectivity index (χ4n) is 1.82. The molecule has 1 unspecified atom stereocenters. The van der Waals surface area contributed by atoms with E-state index >= 15 is 0 Å². The zero-order chi connectivity index (χ0) is 10.3. The summed E-state index contributed by atoms with van der Waals surface area (Å²) in [4.78, 5) is 5.63. The number of hydrogen-bond acceptors (Lipinski definition) is 3. The molecule has 0 spiro atoms. The number of hydrogen-bond donors (Lipinski definition) is 1. The van der Waals surface area contributed by atoms with Gasteiger partial charge in [0.1, 0.15) is 5.50 Å². The molecule has 1 atom stereocenters. The van der Waals surface area contributed by atoms with Gasteiger partial charge < -0.3 is 5.73 Å². The summed E-state index contributed by atoms with van der Waals surface area (Å²) in [5, 5.41) is 0. The van der Waals surface area contributed by atoms with Gasteiger partial charge in [-0.15, -0.1) is 0 Å². The second-order valence-corrected chi connectivity index (χ2v) is 4.62. The zero-order valence-electron chi connectivity index (χ0n) is 8.05. The highest BCUT2D eigenvalue weighted by molar-refractivity contribution is 8.05. The van der Waals surface area contributed by atoms with Gasteiger partial charge in [0.05, 0.1) is 5.71 Å². The summed E-state index contributed by atoms with van der Waals surface area (Å²) in [7, 11) is 0. The molecule has 0 radical (unpaired) electrons. The van der Waals surface area contributed by atoms with Crippen molar-refractivity contribution in [2.75, 3.05) is 0 Å². The Balaban J connectivity index is 2.23. The number of aliphatic imine (C=N–C) groups is 1. The summed E-state index contributed by atoms with van der Waals surface area (Å²) in [5.41, 5.74) is 9.09. The minimum absolute atomic E-state index is 0.147. The fourth-order valence-corrected chi connectivity index (χ4v) is 2.67. The average Bonchev–Trinajstić information content (AvgIpc) is 2.52. The molecule has 2 nitrogen and oxygen atoms in total. The third kappa shape index (κ3) is 1.44. The quantitative estimate of drug-likeness (QED) is 0.720. The van der Waals surface area contributed by atoms with Crippen molar-refractivity contribution < 1.29 is 0 Å². The van der Waals surface area contributed by atoms with Crippen molar-refractivity contribution in [1.82, 2.24) is 0 Å². The second kappa shape index (κ2) is 3.36. The summed E-state index contributed by atoms with van der Waals surface area (Å²) in [6.07, 6.45) is 6.24. The first-order valence-electron chi connectivity index (χ1n) is 4.83. The maximum Gasteiger partial charge on any atom is 0.149 e. The van der Waals surface area contributed by atoms with Crippen LogP contribution < -0.4 is 5.73 Å². The lowest BCUT2D eigenvalue weighted by molar-refractivity contribution is 1.00. The smallest absolute Gasteiger partial charge is 0.149 e. The van der Waals surface area contributed by atoms with Gasteiger partial charge in [0.15, 0.2) is 0 Å². The van der Waals surface area contributed by atoms with Crippen molar-refractivity contribution in [3.8, 4) is 0 Å². The molecule has 0 amide bonds. The molecule has 0 fully saturated rings. The molecule has 0 saturated heterocycles. The molecule has 0 saturated carbocycles. The Morgan fingerprint density at radius 2 is 2.13 bits per heavy atom. The maximum absolute atomic E-state index is 5.81. The molecular formula is C12H10N2S. The van der Waals surface area contributed by atoms with Crippen molar-refractivity contribution in [3.63, 3.8) is 0 Å². The number of thioether (sulfide) groups is 1. The summed E-state index contributed by atoms with van der Waals surface area (Å²) in [6.45, 7) is 0. The van der Waals surface area contributed by atoms with Crippen molar-refractivity contribution >= 4 is 23.5 Å². The molecule has 0 aromatic heterocycles. The Labute approximate surface area is 92.6 Å². The van der Waals surface area contributed by atoms with Crippen LogP contribution in [0.15, 0.2) is 46.3 Å². The van der Waals surface area contributed by atoms with Crippen molar-refractivity contribution in [1.29, 1.82) is 0 Å². The van der Waals surface area contributed by atoms with Crippen molar-refractivity contribution in [2.45, 2.75) is 5.50 Å². The number of allylic oxidation sites excluding steroid dienone is 3. The Morgan fingerprint density at radius 3 is 3.07 bits per heavy atom. The van der Waals surface area contributed by atoms with Gasteiger partial charge in [0.25, 0.3) is 0 Å². The number of fused-ring (bicyclic) bond motifs is 3. The van der Waals surface area contributed by atoms with Gasteiger partial charge in [0.2, 0.25) is 0 Å². The molecule has 1 aromatic carbocycles. The minimum Gasteiger partial charge on any atom is -0.301 e. The number of nitrogens with zero attached hydrogens (tertiary/aromatic N) is 1. The number of rotatable bonds is 0. The Kier molecular flexibility index (Phi) is 2.01. The molecule has 1 heterocycles. The van der Waals surface area contributed by atoms with Gasteiger partial charge in [-0.1, -0.05) is 48.2 Å². The molecule has 2 aliphatic rings. The third-order valence-electron chi connectivity index (χ3n) is 2.48. The molecule has 3 heteroatoms. The van der Waals surface area contributed by atoms with Crippen LogP contribution in [0.3, 0.4) is 0 Å². The molecule has 74 valence electrons. The highest BCUT2D eigenvalue weighted by Crippen LogP contribution is 2.34. The summed E-state index contributed by atoms with van der Waals surface area (Å²) in [6, 6.07) is 8.26. The molecule has 1 aromatic rings. The van der Waals surface area contributed by atoms with Crippen LogP contribution in [-0.4, -0.2) is 11.2 Å². The standard InChI is InChI=1S/C12H10N2S/c13-12-14-11-9-6-2-1-4-8(9)5-3-7-10(11)15-12/h1-7,12H,13H2. The molecule has 1 aliphatic heterocycles. The van der Waals surface area contributed by atoms with E-state index in [2.05, 4.69) is 35.4 Å². The van der Waals surface area contributed by atoms with Gasteiger partial charge in [-0.2, -0.15) is 0 Å². The maximum atomic E-state index is 5.81. The lowest BCUT2D eigenvalue weighted by Gasteiger charge is -2.03. The summed E-state index contributed by atoms with van der Waals surface area (Å²) >= 11 is 1.61. The van der Waals surface area contributed by atoms with E-state index in [-0.39, 0.29) is 5.50 Å². The van der Waals surface area contributed by atoms with Crippen molar-refractivity contribution in [2.24, 2.45) is 10.7 Å². The lowest BCUT2D eigenvalue weighted by atomic mass is 10.0. The Hall–Kier alpha value is -1.32. The minimum atomic E-state index is -0.147. The van der Waals surface area contributed by atoms with Crippen LogP contribution in [0.1, 0.15) is 11.1 Å². The van der Waals surface area contributed by atoms with Gasteiger partial charge in [-0.25, -0.2) is 0 Å². The Bertz CT molecular complexity index is 500. The summed E-state index contributed by atoms with van der Waals surface area (Å²) < 4.78 is 0. The third-order valence-corrected chi connectivity index (χ3v) is 3.41. The van der Waals surface area contributed by atoms with Crippen LogP contribution in [0, 0.1) is 0 Å². The molecule has 3 rings (SSSR count). The first-order chi connectivity index (χ1) is 7.34. The Morgan fingerprint density at radius 1 is 1.27 bits per heavy atom. The van der Waals surface area contributed by atoms with Gasteiger partial charge >= 0.3 is 0 Å². The van der Waals surface area contributed by atoms with Gasteiger partial charge in [-0.05, 0) is 11.6 Å². The predicted molar refractivity (Wildman–Crippen MR) is 65.7 cm³/mol. The van der Waals surface area contributed by atoms with Crippen LogP contribution in [0.4, 0.5) is 0 Å². The van der Waals surface area contributed by atoms with E-state index in [4.69, 9.17) is 5.73 Å². The summed E-state index contributed by atoms with van der Waals surface area (Å²) in [5.74, 6) is 0.